The van der Waals surface area contributed by atoms with E-state index in [0.717, 1.165) is 29.0 Å². The molecule has 0 radical (unpaired) electrons. The summed E-state index contributed by atoms with van der Waals surface area (Å²) in [7, 11) is 0. The molecule has 1 aromatic rings. The molecule has 1 fully saturated rings. The summed E-state index contributed by atoms with van der Waals surface area (Å²) in [6, 6.07) is 6.19. The first-order chi connectivity index (χ1) is 9.24. The van der Waals surface area contributed by atoms with Gasteiger partial charge in [0.15, 0.2) is 0 Å². The molecule has 0 aromatic heterocycles. The highest BCUT2D eigenvalue weighted by molar-refractivity contribution is 9.10. The molecule has 1 aliphatic rings. The van der Waals surface area contributed by atoms with Gasteiger partial charge in [0.05, 0.1) is 12.3 Å². The number of rotatable bonds is 4. The van der Waals surface area contributed by atoms with Crippen molar-refractivity contribution in [3.05, 3.63) is 28.2 Å². The summed E-state index contributed by atoms with van der Waals surface area (Å²) < 4.78 is 1.10. The van der Waals surface area contributed by atoms with E-state index >= 15 is 0 Å². The van der Waals surface area contributed by atoms with E-state index in [2.05, 4.69) is 33.8 Å². The first-order valence-corrected chi connectivity index (χ1v) is 8.18. The fourth-order valence-corrected chi connectivity index (χ4v) is 3.69. The van der Waals surface area contributed by atoms with Gasteiger partial charge in [0.1, 0.15) is 0 Å². The second-order valence-electron chi connectivity index (χ2n) is 5.52. The highest BCUT2D eigenvalue weighted by Crippen LogP contribution is 2.31. The molecular formula is C16H24BrNO. The topological polar surface area (TPSA) is 23.5 Å². The van der Waals surface area contributed by atoms with Gasteiger partial charge in [-0.15, -0.1) is 0 Å². The van der Waals surface area contributed by atoms with E-state index in [4.69, 9.17) is 5.11 Å². The lowest BCUT2D eigenvalue weighted by molar-refractivity contribution is 0.282. The van der Waals surface area contributed by atoms with Crippen LogP contribution in [0, 0.1) is 5.92 Å². The Morgan fingerprint density at radius 3 is 2.84 bits per heavy atom. The number of aliphatic hydroxyl groups excluding tert-OH is 1. The maximum atomic E-state index is 9.17. The number of benzene rings is 1. The standard InChI is InChI=1S/C16H24BrNO/c1-2-4-13-5-3-9-18(10-8-13)16-7-6-14(12-19)11-15(16)17/h6-7,11,13,19H,2-5,8-10,12H2,1H3. The molecule has 1 aromatic carbocycles. The van der Waals surface area contributed by atoms with Crippen molar-refractivity contribution in [2.75, 3.05) is 18.0 Å². The summed E-state index contributed by atoms with van der Waals surface area (Å²) in [5.41, 5.74) is 2.24. The first-order valence-electron chi connectivity index (χ1n) is 7.38. The van der Waals surface area contributed by atoms with Crippen molar-refractivity contribution in [2.45, 2.75) is 45.6 Å². The van der Waals surface area contributed by atoms with Crippen molar-refractivity contribution in [3.8, 4) is 0 Å². The molecule has 106 valence electrons. The number of hydrogen-bond donors (Lipinski definition) is 1. The third-order valence-corrected chi connectivity index (χ3v) is 4.72. The molecule has 1 N–H and O–H groups in total. The van der Waals surface area contributed by atoms with E-state index in [1.807, 2.05) is 12.1 Å². The summed E-state index contributed by atoms with van der Waals surface area (Å²) in [6.07, 6.45) is 6.65. The zero-order valence-electron chi connectivity index (χ0n) is 11.7. The Hall–Kier alpha value is -0.540. The molecule has 1 aliphatic heterocycles. The smallest absolute Gasteiger partial charge is 0.0682 e. The van der Waals surface area contributed by atoms with E-state index in [1.54, 1.807) is 0 Å². The second-order valence-corrected chi connectivity index (χ2v) is 6.37. The quantitative estimate of drug-likeness (QED) is 0.889. The SMILES string of the molecule is CCCC1CCCN(c2ccc(CO)cc2Br)CC1. The van der Waals surface area contributed by atoms with E-state index in [0.29, 0.717) is 0 Å². The van der Waals surface area contributed by atoms with Crippen LogP contribution >= 0.6 is 15.9 Å². The number of halogens is 1. The minimum Gasteiger partial charge on any atom is -0.392 e. The molecule has 0 aliphatic carbocycles. The van der Waals surface area contributed by atoms with Crippen molar-refractivity contribution in [1.82, 2.24) is 0 Å². The molecule has 3 heteroatoms. The van der Waals surface area contributed by atoms with E-state index in [-0.39, 0.29) is 6.61 Å². The van der Waals surface area contributed by atoms with Gasteiger partial charge in [-0.05, 0) is 58.8 Å². The molecule has 1 heterocycles. The van der Waals surface area contributed by atoms with Crippen LogP contribution in [0.3, 0.4) is 0 Å². The summed E-state index contributed by atoms with van der Waals surface area (Å²) in [4.78, 5) is 2.49. The second kappa shape index (κ2) is 7.30. The van der Waals surface area contributed by atoms with E-state index < -0.39 is 0 Å². The summed E-state index contributed by atoms with van der Waals surface area (Å²) in [6.45, 7) is 4.70. The summed E-state index contributed by atoms with van der Waals surface area (Å²) in [5.74, 6) is 0.908. The molecule has 0 saturated carbocycles. The Bertz CT molecular complexity index is 408. The fourth-order valence-electron chi connectivity index (χ4n) is 3.01. The van der Waals surface area contributed by atoms with Crippen molar-refractivity contribution < 1.29 is 5.11 Å². The fraction of sp³-hybridized carbons (Fsp3) is 0.625. The molecule has 0 bridgehead atoms. The summed E-state index contributed by atoms with van der Waals surface area (Å²) >= 11 is 3.64. The zero-order valence-corrected chi connectivity index (χ0v) is 13.3. The van der Waals surface area contributed by atoms with Crippen LogP contribution in [0.25, 0.3) is 0 Å². The number of nitrogens with zero attached hydrogens (tertiary/aromatic N) is 1. The van der Waals surface area contributed by atoms with E-state index in [1.165, 1.54) is 37.8 Å². The van der Waals surface area contributed by atoms with Crippen LogP contribution in [-0.2, 0) is 6.61 Å². The lowest BCUT2D eigenvalue weighted by Gasteiger charge is -2.24. The molecule has 1 atom stereocenters. The van der Waals surface area contributed by atoms with Gasteiger partial charge < -0.3 is 10.0 Å². The average Bonchev–Trinajstić information content (AvgIpc) is 2.65. The average molecular weight is 326 g/mol. The Morgan fingerprint density at radius 1 is 1.32 bits per heavy atom. The molecule has 0 spiro atoms. The Labute approximate surface area is 124 Å². The first kappa shape index (κ1) is 14.9. The molecule has 2 nitrogen and oxygen atoms in total. The molecule has 19 heavy (non-hydrogen) atoms. The van der Waals surface area contributed by atoms with Crippen LogP contribution in [0.2, 0.25) is 0 Å². The zero-order chi connectivity index (χ0) is 13.7. The van der Waals surface area contributed by atoms with Crippen LogP contribution < -0.4 is 4.90 Å². The minimum atomic E-state index is 0.109. The van der Waals surface area contributed by atoms with Gasteiger partial charge in [0.25, 0.3) is 0 Å². The Morgan fingerprint density at radius 2 is 2.16 bits per heavy atom. The normalized spacial score (nSPS) is 20.4. The van der Waals surface area contributed by atoms with Crippen molar-refractivity contribution in [1.29, 1.82) is 0 Å². The predicted octanol–water partition coefficient (Wildman–Crippen LogP) is 4.35. The Kier molecular flexibility index (Phi) is 5.71. The minimum absolute atomic E-state index is 0.109. The molecule has 2 rings (SSSR count). The van der Waals surface area contributed by atoms with Gasteiger partial charge in [0, 0.05) is 17.6 Å². The summed E-state index contributed by atoms with van der Waals surface area (Å²) in [5, 5.41) is 9.17. The highest BCUT2D eigenvalue weighted by Gasteiger charge is 2.18. The van der Waals surface area contributed by atoms with Gasteiger partial charge in [-0.3, -0.25) is 0 Å². The van der Waals surface area contributed by atoms with Crippen LogP contribution in [0.4, 0.5) is 5.69 Å². The monoisotopic (exact) mass is 325 g/mol. The van der Waals surface area contributed by atoms with Crippen LogP contribution in [0.1, 0.15) is 44.6 Å². The maximum Gasteiger partial charge on any atom is 0.0682 e. The van der Waals surface area contributed by atoms with Gasteiger partial charge in [0.2, 0.25) is 0 Å². The van der Waals surface area contributed by atoms with E-state index in [9.17, 15) is 0 Å². The van der Waals surface area contributed by atoms with Crippen LogP contribution in [0.5, 0.6) is 0 Å². The molecular weight excluding hydrogens is 302 g/mol. The predicted molar refractivity (Wildman–Crippen MR) is 84.5 cm³/mol. The van der Waals surface area contributed by atoms with Crippen molar-refractivity contribution in [3.63, 3.8) is 0 Å². The number of aliphatic hydroxyl groups is 1. The van der Waals surface area contributed by atoms with Crippen LogP contribution in [-0.4, -0.2) is 18.2 Å². The van der Waals surface area contributed by atoms with Gasteiger partial charge in [-0.1, -0.05) is 25.8 Å². The van der Waals surface area contributed by atoms with Gasteiger partial charge in [-0.25, -0.2) is 0 Å². The number of anilines is 1. The third-order valence-electron chi connectivity index (χ3n) is 4.08. The van der Waals surface area contributed by atoms with Gasteiger partial charge in [-0.2, -0.15) is 0 Å². The highest BCUT2D eigenvalue weighted by atomic mass is 79.9. The van der Waals surface area contributed by atoms with Crippen molar-refractivity contribution >= 4 is 21.6 Å². The lowest BCUT2D eigenvalue weighted by atomic mass is 9.96. The van der Waals surface area contributed by atoms with Crippen molar-refractivity contribution in [2.24, 2.45) is 5.92 Å². The molecule has 0 amide bonds. The Balaban J connectivity index is 2.05. The maximum absolute atomic E-state index is 9.17. The van der Waals surface area contributed by atoms with Gasteiger partial charge >= 0.3 is 0 Å². The third kappa shape index (κ3) is 3.96. The molecule has 1 saturated heterocycles. The largest absolute Gasteiger partial charge is 0.392 e. The number of hydrogen-bond acceptors (Lipinski definition) is 2. The van der Waals surface area contributed by atoms with Crippen LogP contribution in [0.15, 0.2) is 22.7 Å². The lowest BCUT2D eigenvalue weighted by Crippen LogP contribution is -2.24. The molecule has 1 unspecified atom stereocenters.